The standard InChI is InChI=1S/C15H21NO3/c17-14-11-16(10-12-4-2-1-3-5-12)9-8-13(14)6-7-15(18)19/h1-5,13-14,17H,6-11H2,(H,18,19). The Balaban J connectivity index is 1.81. The van der Waals surface area contributed by atoms with Crippen LogP contribution >= 0.6 is 0 Å². The Bertz CT molecular complexity index is 407. The van der Waals surface area contributed by atoms with Crippen LogP contribution in [0.1, 0.15) is 24.8 Å². The van der Waals surface area contributed by atoms with Crippen LogP contribution in [0.5, 0.6) is 0 Å². The Morgan fingerprint density at radius 3 is 2.68 bits per heavy atom. The van der Waals surface area contributed by atoms with Gasteiger partial charge in [0.2, 0.25) is 0 Å². The molecule has 1 aromatic rings. The topological polar surface area (TPSA) is 60.8 Å². The van der Waals surface area contributed by atoms with Gasteiger partial charge >= 0.3 is 5.97 Å². The van der Waals surface area contributed by atoms with E-state index in [2.05, 4.69) is 17.0 Å². The van der Waals surface area contributed by atoms with E-state index in [0.717, 1.165) is 19.5 Å². The van der Waals surface area contributed by atoms with Gasteiger partial charge < -0.3 is 10.2 Å². The lowest BCUT2D eigenvalue weighted by Crippen LogP contribution is -2.43. The van der Waals surface area contributed by atoms with Crippen molar-refractivity contribution in [1.29, 1.82) is 0 Å². The SMILES string of the molecule is O=C(O)CCC1CCN(Cc2ccccc2)CC1O. The fraction of sp³-hybridized carbons (Fsp3) is 0.533. The zero-order valence-corrected chi connectivity index (χ0v) is 11.0. The number of aliphatic carboxylic acids is 1. The number of nitrogens with zero attached hydrogens (tertiary/aromatic N) is 1. The number of likely N-dealkylation sites (tertiary alicyclic amines) is 1. The predicted molar refractivity (Wildman–Crippen MR) is 72.7 cm³/mol. The first kappa shape index (κ1) is 14.0. The third kappa shape index (κ3) is 4.33. The van der Waals surface area contributed by atoms with Crippen LogP contribution in [0.3, 0.4) is 0 Å². The van der Waals surface area contributed by atoms with Crippen LogP contribution in [0.15, 0.2) is 30.3 Å². The summed E-state index contributed by atoms with van der Waals surface area (Å²) in [7, 11) is 0. The molecule has 1 saturated heterocycles. The molecule has 1 fully saturated rings. The fourth-order valence-corrected chi connectivity index (χ4v) is 2.68. The number of carboxylic acid groups (broad SMARTS) is 1. The second-order valence-corrected chi connectivity index (χ2v) is 5.27. The van der Waals surface area contributed by atoms with Crippen molar-refractivity contribution in [1.82, 2.24) is 4.90 Å². The van der Waals surface area contributed by atoms with Gasteiger partial charge in [0.15, 0.2) is 0 Å². The van der Waals surface area contributed by atoms with Crippen molar-refractivity contribution in [3.63, 3.8) is 0 Å². The molecule has 0 aliphatic carbocycles. The number of rotatable bonds is 5. The van der Waals surface area contributed by atoms with Gasteiger partial charge in [-0.3, -0.25) is 9.69 Å². The fourth-order valence-electron chi connectivity index (χ4n) is 2.68. The molecule has 19 heavy (non-hydrogen) atoms. The average molecular weight is 263 g/mol. The first-order valence-electron chi connectivity index (χ1n) is 6.81. The summed E-state index contributed by atoms with van der Waals surface area (Å²) in [4.78, 5) is 12.8. The van der Waals surface area contributed by atoms with Gasteiger partial charge in [-0.25, -0.2) is 0 Å². The monoisotopic (exact) mass is 263 g/mol. The molecule has 0 aromatic heterocycles. The maximum Gasteiger partial charge on any atom is 0.303 e. The minimum atomic E-state index is -0.779. The summed E-state index contributed by atoms with van der Waals surface area (Å²) < 4.78 is 0. The number of aliphatic hydroxyl groups excluding tert-OH is 1. The van der Waals surface area contributed by atoms with Crippen molar-refractivity contribution in [3.05, 3.63) is 35.9 Å². The highest BCUT2D eigenvalue weighted by atomic mass is 16.4. The average Bonchev–Trinajstić information content (AvgIpc) is 2.39. The van der Waals surface area contributed by atoms with Gasteiger partial charge in [-0.1, -0.05) is 30.3 Å². The minimum Gasteiger partial charge on any atom is -0.481 e. The number of carboxylic acids is 1. The highest BCUT2D eigenvalue weighted by Gasteiger charge is 2.27. The summed E-state index contributed by atoms with van der Waals surface area (Å²) in [5.74, 6) is -0.651. The number of carbonyl (C=O) groups is 1. The lowest BCUT2D eigenvalue weighted by molar-refractivity contribution is -0.137. The number of β-amino-alcohol motifs (C(OH)–C–C–N with tert-alkyl or cyclic N) is 1. The summed E-state index contributed by atoms with van der Waals surface area (Å²) in [6.45, 7) is 2.42. The van der Waals surface area contributed by atoms with Gasteiger partial charge in [-0.15, -0.1) is 0 Å². The van der Waals surface area contributed by atoms with E-state index < -0.39 is 12.1 Å². The molecule has 1 aliphatic rings. The van der Waals surface area contributed by atoms with Crippen molar-refractivity contribution in [3.8, 4) is 0 Å². The molecule has 1 heterocycles. The zero-order valence-electron chi connectivity index (χ0n) is 11.0. The normalized spacial score (nSPS) is 24.3. The van der Waals surface area contributed by atoms with Crippen LogP contribution in [0.2, 0.25) is 0 Å². The second kappa shape index (κ2) is 6.68. The van der Waals surface area contributed by atoms with E-state index in [4.69, 9.17) is 5.11 Å². The molecule has 2 unspecified atom stereocenters. The lowest BCUT2D eigenvalue weighted by Gasteiger charge is -2.35. The van der Waals surface area contributed by atoms with Gasteiger partial charge in [0, 0.05) is 19.5 Å². The Hall–Kier alpha value is -1.39. The largest absolute Gasteiger partial charge is 0.481 e. The predicted octanol–water partition coefficient (Wildman–Crippen LogP) is 1.73. The second-order valence-electron chi connectivity index (χ2n) is 5.27. The number of hydrogen-bond acceptors (Lipinski definition) is 3. The summed E-state index contributed by atoms with van der Waals surface area (Å²) in [6, 6.07) is 10.2. The van der Waals surface area contributed by atoms with Gasteiger partial charge in [-0.05, 0) is 30.9 Å². The quantitative estimate of drug-likeness (QED) is 0.849. The third-order valence-electron chi connectivity index (χ3n) is 3.78. The number of piperidine rings is 1. The van der Waals surface area contributed by atoms with Crippen LogP contribution in [-0.4, -0.2) is 40.3 Å². The van der Waals surface area contributed by atoms with Gasteiger partial charge in [0.25, 0.3) is 0 Å². The Labute approximate surface area is 113 Å². The van der Waals surface area contributed by atoms with Crippen molar-refractivity contribution >= 4 is 5.97 Å². The molecular weight excluding hydrogens is 242 g/mol. The summed E-state index contributed by atoms with van der Waals surface area (Å²) in [6.07, 6.45) is 1.20. The van der Waals surface area contributed by atoms with E-state index in [1.807, 2.05) is 18.2 Å². The molecule has 2 atom stereocenters. The van der Waals surface area contributed by atoms with Crippen LogP contribution < -0.4 is 0 Å². The molecule has 0 saturated carbocycles. The van der Waals surface area contributed by atoms with E-state index in [9.17, 15) is 9.90 Å². The highest BCUT2D eigenvalue weighted by Crippen LogP contribution is 2.23. The summed E-state index contributed by atoms with van der Waals surface area (Å²) in [5, 5.41) is 18.8. The maximum absolute atomic E-state index is 10.6. The molecule has 0 amide bonds. The van der Waals surface area contributed by atoms with E-state index >= 15 is 0 Å². The number of hydrogen-bond donors (Lipinski definition) is 2. The van der Waals surface area contributed by atoms with Crippen molar-refractivity contribution in [2.75, 3.05) is 13.1 Å². The summed E-state index contributed by atoms with van der Waals surface area (Å²) in [5.41, 5.74) is 1.25. The maximum atomic E-state index is 10.6. The van der Waals surface area contributed by atoms with Crippen molar-refractivity contribution < 1.29 is 15.0 Å². The Kier molecular flexibility index (Phi) is 4.93. The smallest absolute Gasteiger partial charge is 0.303 e. The molecule has 4 heteroatoms. The molecule has 2 rings (SSSR count). The Morgan fingerprint density at radius 2 is 2.05 bits per heavy atom. The summed E-state index contributed by atoms with van der Waals surface area (Å²) >= 11 is 0. The Morgan fingerprint density at radius 1 is 1.32 bits per heavy atom. The van der Waals surface area contributed by atoms with E-state index in [0.29, 0.717) is 13.0 Å². The van der Waals surface area contributed by atoms with Crippen LogP contribution in [0.25, 0.3) is 0 Å². The van der Waals surface area contributed by atoms with E-state index in [1.165, 1.54) is 5.56 Å². The molecule has 0 spiro atoms. The minimum absolute atomic E-state index is 0.128. The molecular formula is C15H21NO3. The van der Waals surface area contributed by atoms with Crippen LogP contribution in [0, 0.1) is 5.92 Å². The molecule has 1 aliphatic heterocycles. The molecule has 0 radical (unpaired) electrons. The molecule has 2 N–H and O–H groups in total. The zero-order chi connectivity index (χ0) is 13.7. The van der Waals surface area contributed by atoms with Gasteiger partial charge in [0.05, 0.1) is 6.10 Å². The lowest BCUT2D eigenvalue weighted by atomic mass is 9.89. The van der Waals surface area contributed by atoms with E-state index in [1.54, 1.807) is 0 Å². The van der Waals surface area contributed by atoms with Crippen LogP contribution in [-0.2, 0) is 11.3 Å². The van der Waals surface area contributed by atoms with Crippen molar-refractivity contribution in [2.24, 2.45) is 5.92 Å². The molecule has 1 aromatic carbocycles. The number of benzene rings is 1. The molecule has 104 valence electrons. The van der Waals surface area contributed by atoms with Crippen LogP contribution in [0.4, 0.5) is 0 Å². The molecule has 4 nitrogen and oxygen atoms in total. The van der Waals surface area contributed by atoms with Gasteiger partial charge in [0.1, 0.15) is 0 Å². The van der Waals surface area contributed by atoms with Crippen molar-refractivity contribution in [2.45, 2.75) is 31.9 Å². The highest BCUT2D eigenvalue weighted by molar-refractivity contribution is 5.66. The van der Waals surface area contributed by atoms with Gasteiger partial charge in [-0.2, -0.15) is 0 Å². The first-order chi connectivity index (χ1) is 9.15. The number of aliphatic hydroxyl groups is 1. The molecule has 0 bridgehead atoms. The van der Waals surface area contributed by atoms with E-state index in [-0.39, 0.29) is 12.3 Å². The first-order valence-corrected chi connectivity index (χ1v) is 6.81. The third-order valence-corrected chi connectivity index (χ3v) is 3.78.